The second-order valence-corrected chi connectivity index (χ2v) is 4.66. The van der Waals surface area contributed by atoms with E-state index >= 15 is 0 Å². The zero-order valence-electron chi connectivity index (χ0n) is 11.3. The van der Waals surface area contributed by atoms with Crippen LogP contribution in [0.1, 0.15) is 30.1 Å². The molecule has 6 nitrogen and oxygen atoms in total. The summed E-state index contributed by atoms with van der Waals surface area (Å²) < 4.78 is 12.2. The molecule has 20 heavy (non-hydrogen) atoms. The predicted molar refractivity (Wildman–Crippen MR) is 71.2 cm³/mol. The van der Waals surface area contributed by atoms with Gasteiger partial charge in [-0.3, -0.25) is 0 Å². The molecule has 1 saturated carbocycles. The third-order valence-corrected chi connectivity index (χ3v) is 3.39. The Bertz CT molecular complexity index is 683. The van der Waals surface area contributed by atoms with Gasteiger partial charge in [0.05, 0.1) is 25.6 Å². The molecular formula is C14H14N4O2. The minimum Gasteiger partial charge on any atom is -0.493 e. The van der Waals surface area contributed by atoms with Crippen LogP contribution < -0.4 is 9.47 Å². The fraction of sp³-hybridized carbons (Fsp3) is 0.357. The lowest BCUT2D eigenvalue weighted by Crippen LogP contribution is -2.03. The van der Waals surface area contributed by atoms with Crippen molar-refractivity contribution in [1.29, 1.82) is 5.26 Å². The molecule has 0 aliphatic heterocycles. The number of rotatable bonds is 4. The molecule has 102 valence electrons. The van der Waals surface area contributed by atoms with Gasteiger partial charge in [0.2, 0.25) is 0 Å². The van der Waals surface area contributed by atoms with Gasteiger partial charge in [0, 0.05) is 12.0 Å². The third-order valence-electron chi connectivity index (χ3n) is 3.39. The van der Waals surface area contributed by atoms with Crippen molar-refractivity contribution in [3.05, 3.63) is 29.6 Å². The number of methoxy groups -OCH3 is 2. The highest BCUT2D eigenvalue weighted by atomic mass is 16.5. The summed E-state index contributed by atoms with van der Waals surface area (Å²) >= 11 is 0. The van der Waals surface area contributed by atoms with Crippen LogP contribution in [0, 0.1) is 11.3 Å². The molecule has 1 fully saturated rings. The number of ether oxygens (including phenoxy) is 2. The smallest absolute Gasteiger partial charge is 0.186 e. The van der Waals surface area contributed by atoms with Crippen LogP contribution >= 0.6 is 0 Å². The second-order valence-electron chi connectivity index (χ2n) is 4.66. The Kier molecular flexibility index (Phi) is 3.03. The van der Waals surface area contributed by atoms with E-state index in [2.05, 4.69) is 16.4 Å². The van der Waals surface area contributed by atoms with Gasteiger partial charge in [0.15, 0.2) is 17.2 Å². The maximum Gasteiger partial charge on any atom is 0.186 e. The van der Waals surface area contributed by atoms with E-state index in [0.717, 1.165) is 24.2 Å². The van der Waals surface area contributed by atoms with E-state index in [1.807, 2.05) is 18.2 Å². The van der Waals surface area contributed by atoms with Crippen molar-refractivity contribution in [3.63, 3.8) is 0 Å². The largest absolute Gasteiger partial charge is 0.493 e. The van der Waals surface area contributed by atoms with Gasteiger partial charge in [0.25, 0.3) is 0 Å². The summed E-state index contributed by atoms with van der Waals surface area (Å²) in [6.45, 7) is 0. The van der Waals surface area contributed by atoms with Crippen LogP contribution in [0.5, 0.6) is 11.5 Å². The topological polar surface area (TPSA) is 73.0 Å². The molecule has 1 aliphatic carbocycles. The molecule has 0 saturated heterocycles. The normalized spacial score (nSPS) is 13.8. The summed E-state index contributed by atoms with van der Waals surface area (Å²) in [5, 5.41) is 17.2. The molecule has 0 bridgehead atoms. The van der Waals surface area contributed by atoms with E-state index < -0.39 is 0 Å². The maximum atomic E-state index is 9.13. The monoisotopic (exact) mass is 270 g/mol. The van der Waals surface area contributed by atoms with Gasteiger partial charge >= 0.3 is 0 Å². The number of hydrogen-bond donors (Lipinski definition) is 0. The first kappa shape index (κ1) is 12.5. The fourth-order valence-corrected chi connectivity index (χ4v) is 2.24. The molecule has 0 unspecified atom stereocenters. The molecular weight excluding hydrogens is 256 g/mol. The predicted octanol–water partition coefficient (Wildman–Crippen LogP) is 2.03. The third kappa shape index (κ3) is 1.97. The van der Waals surface area contributed by atoms with Gasteiger partial charge in [-0.1, -0.05) is 5.21 Å². The summed E-state index contributed by atoms with van der Waals surface area (Å²) in [5.41, 5.74) is 2.11. The molecule has 1 aliphatic rings. The first-order valence-corrected chi connectivity index (χ1v) is 6.36. The molecule has 2 aromatic rings. The Labute approximate surface area is 116 Å². The lowest BCUT2D eigenvalue weighted by atomic mass is 10.2. The minimum atomic E-state index is 0.382. The van der Waals surface area contributed by atoms with Crippen LogP contribution in [-0.2, 0) is 0 Å². The van der Waals surface area contributed by atoms with E-state index in [1.54, 1.807) is 18.9 Å². The zero-order valence-corrected chi connectivity index (χ0v) is 11.3. The van der Waals surface area contributed by atoms with Gasteiger partial charge in [0.1, 0.15) is 6.07 Å². The molecule has 0 spiro atoms. The molecule has 1 heterocycles. The lowest BCUT2D eigenvalue weighted by molar-refractivity contribution is 0.354. The molecule has 0 atom stereocenters. The highest BCUT2D eigenvalue weighted by molar-refractivity contribution is 5.50. The van der Waals surface area contributed by atoms with Crippen molar-refractivity contribution in [2.24, 2.45) is 0 Å². The highest BCUT2D eigenvalue weighted by Gasteiger charge is 2.32. The van der Waals surface area contributed by atoms with E-state index in [-0.39, 0.29) is 0 Å². The summed E-state index contributed by atoms with van der Waals surface area (Å²) in [7, 11) is 3.18. The molecule has 0 N–H and O–H groups in total. The van der Waals surface area contributed by atoms with Crippen LogP contribution in [0.25, 0.3) is 5.69 Å². The van der Waals surface area contributed by atoms with Crippen LogP contribution in [0.2, 0.25) is 0 Å². The summed E-state index contributed by atoms with van der Waals surface area (Å²) in [5.74, 6) is 1.67. The lowest BCUT2D eigenvalue weighted by Gasteiger charge is -2.10. The van der Waals surface area contributed by atoms with Crippen molar-refractivity contribution < 1.29 is 9.47 Å². The quantitative estimate of drug-likeness (QED) is 0.850. The number of benzene rings is 1. The average molecular weight is 270 g/mol. The molecule has 6 heteroatoms. The van der Waals surface area contributed by atoms with Gasteiger partial charge in [-0.2, -0.15) is 5.26 Å². The molecule has 1 aromatic heterocycles. The van der Waals surface area contributed by atoms with Crippen LogP contribution in [0.15, 0.2) is 18.2 Å². The van der Waals surface area contributed by atoms with Crippen molar-refractivity contribution >= 4 is 0 Å². The number of nitriles is 1. The van der Waals surface area contributed by atoms with Crippen LogP contribution in [-0.4, -0.2) is 29.2 Å². The Hall–Kier alpha value is -2.55. The maximum absolute atomic E-state index is 9.13. The fourth-order valence-electron chi connectivity index (χ4n) is 2.24. The number of nitrogens with zero attached hydrogens (tertiary/aromatic N) is 4. The Balaban J connectivity index is 2.10. The van der Waals surface area contributed by atoms with E-state index in [9.17, 15) is 0 Å². The Morgan fingerprint density at radius 2 is 2.00 bits per heavy atom. The zero-order chi connectivity index (χ0) is 14.1. The summed E-state index contributed by atoms with van der Waals surface area (Å²) in [6, 6.07) is 7.64. The molecule has 3 rings (SSSR count). The Morgan fingerprint density at radius 1 is 1.25 bits per heavy atom. The Morgan fingerprint density at radius 3 is 2.60 bits per heavy atom. The average Bonchev–Trinajstić information content (AvgIpc) is 3.25. The standard InChI is InChI=1S/C14H14N4O2/c1-19-12-6-5-10(7-13(12)20-2)18-14(9-3-4-9)11(8-15)16-17-18/h5-7,9H,3-4H2,1-2H3. The van der Waals surface area contributed by atoms with Crippen LogP contribution in [0.3, 0.4) is 0 Å². The molecule has 0 radical (unpaired) electrons. The molecule has 0 amide bonds. The summed E-state index contributed by atoms with van der Waals surface area (Å²) in [4.78, 5) is 0. The van der Waals surface area contributed by atoms with Crippen molar-refractivity contribution in [2.75, 3.05) is 14.2 Å². The van der Waals surface area contributed by atoms with Crippen molar-refractivity contribution in [2.45, 2.75) is 18.8 Å². The van der Waals surface area contributed by atoms with Gasteiger partial charge in [-0.05, 0) is 25.0 Å². The second kappa shape index (κ2) is 4.85. The van der Waals surface area contributed by atoms with E-state index in [0.29, 0.717) is 23.1 Å². The van der Waals surface area contributed by atoms with Crippen molar-refractivity contribution in [1.82, 2.24) is 15.0 Å². The SMILES string of the molecule is COc1ccc(-n2nnc(C#N)c2C2CC2)cc1OC. The van der Waals surface area contributed by atoms with E-state index in [4.69, 9.17) is 14.7 Å². The molecule has 1 aromatic carbocycles. The van der Waals surface area contributed by atoms with Gasteiger partial charge in [-0.15, -0.1) is 5.10 Å². The van der Waals surface area contributed by atoms with Gasteiger partial charge < -0.3 is 9.47 Å². The highest BCUT2D eigenvalue weighted by Crippen LogP contribution is 2.42. The van der Waals surface area contributed by atoms with Gasteiger partial charge in [-0.25, -0.2) is 4.68 Å². The van der Waals surface area contributed by atoms with Crippen LogP contribution in [0.4, 0.5) is 0 Å². The minimum absolute atomic E-state index is 0.382. The van der Waals surface area contributed by atoms with Crippen molar-refractivity contribution in [3.8, 4) is 23.3 Å². The number of aromatic nitrogens is 3. The van der Waals surface area contributed by atoms with E-state index in [1.165, 1.54) is 0 Å². The summed E-state index contributed by atoms with van der Waals surface area (Å²) in [6.07, 6.45) is 2.16. The first-order valence-electron chi connectivity index (χ1n) is 6.36. The first-order chi connectivity index (χ1) is 9.78. The number of hydrogen-bond acceptors (Lipinski definition) is 5.